The first-order chi connectivity index (χ1) is 10.1. The van der Waals surface area contributed by atoms with Gasteiger partial charge in [0.1, 0.15) is 10.7 Å². The topological polar surface area (TPSA) is 80.9 Å². The Labute approximate surface area is 127 Å². The summed E-state index contributed by atoms with van der Waals surface area (Å²) in [6.07, 6.45) is 1.57. The van der Waals surface area contributed by atoms with E-state index in [9.17, 15) is 4.79 Å². The maximum atomic E-state index is 12.3. The van der Waals surface area contributed by atoms with Crippen LogP contribution in [0.3, 0.4) is 0 Å². The van der Waals surface area contributed by atoms with Crippen molar-refractivity contribution in [1.29, 1.82) is 0 Å². The van der Waals surface area contributed by atoms with Crippen LogP contribution in [0.4, 0.5) is 0 Å². The normalized spacial score (nSPS) is 11.4. The Kier molecular flexibility index (Phi) is 5.04. The fourth-order valence-electron chi connectivity index (χ4n) is 1.73. The summed E-state index contributed by atoms with van der Waals surface area (Å²) in [6, 6.07) is 3.32. The van der Waals surface area contributed by atoms with E-state index in [1.165, 1.54) is 11.3 Å². The molecule has 0 aliphatic carbocycles. The number of pyridine rings is 1. The van der Waals surface area contributed by atoms with Gasteiger partial charge in [-0.3, -0.25) is 4.79 Å². The van der Waals surface area contributed by atoms with Gasteiger partial charge in [0.2, 0.25) is 0 Å². The molecule has 0 aromatic carbocycles. The molecule has 5 nitrogen and oxygen atoms in total. The van der Waals surface area contributed by atoms with E-state index < -0.39 is 0 Å². The zero-order valence-electron chi connectivity index (χ0n) is 11.9. The molecular weight excluding hydrogens is 284 g/mol. The third kappa shape index (κ3) is 3.88. The van der Waals surface area contributed by atoms with Crippen LogP contribution in [0.25, 0.3) is 0 Å². The highest BCUT2D eigenvalue weighted by Gasteiger charge is 2.17. The van der Waals surface area contributed by atoms with Crippen molar-refractivity contribution in [2.75, 3.05) is 6.54 Å². The van der Waals surface area contributed by atoms with Gasteiger partial charge in [-0.25, -0.2) is 9.97 Å². The van der Waals surface area contributed by atoms with Crippen LogP contribution in [-0.2, 0) is 0 Å². The number of thiazole rings is 1. The van der Waals surface area contributed by atoms with Crippen LogP contribution in [0, 0.1) is 18.8 Å². The highest BCUT2D eigenvalue weighted by atomic mass is 32.1. The number of carbonyl (C=O) groups is 1. The number of hydrogen-bond donors (Lipinski definition) is 2. The molecule has 0 bridgehead atoms. The van der Waals surface area contributed by atoms with Gasteiger partial charge in [0.25, 0.3) is 5.91 Å². The first kappa shape index (κ1) is 15.2. The van der Waals surface area contributed by atoms with Crippen LogP contribution >= 0.6 is 11.3 Å². The quantitative estimate of drug-likeness (QED) is 0.845. The van der Waals surface area contributed by atoms with Crippen LogP contribution in [0.1, 0.15) is 39.7 Å². The summed E-state index contributed by atoms with van der Waals surface area (Å²) in [5.41, 5.74) is 7.18. The minimum atomic E-state index is -0.266. The SMILES string of the molecule is Cc1csc(C(C)NC(=O)c2ncccc2C#CCN)n1. The van der Waals surface area contributed by atoms with Gasteiger partial charge in [-0.15, -0.1) is 11.3 Å². The molecule has 108 valence electrons. The van der Waals surface area contributed by atoms with E-state index in [0.29, 0.717) is 11.3 Å². The fraction of sp³-hybridized carbons (Fsp3) is 0.267. The lowest BCUT2D eigenvalue weighted by Gasteiger charge is -2.11. The van der Waals surface area contributed by atoms with Crippen molar-refractivity contribution >= 4 is 17.2 Å². The van der Waals surface area contributed by atoms with Crippen molar-refractivity contribution in [2.24, 2.45) is 5.73 Å². The Morgan fingerprint density at radius 3 is 3.05 bits per heavy atom. The first-order valence-electron chi connectivity index (χ1n) is 6.48. The molecule has 0 aliphatic rings. The maximum Gasteiger partial charge on any atom is 0.271 e. The molecular formula is C15H16N4OS. The first-order valence-corrected chi connectivity index (χ1v) is 7.36. The molecule has 2 rings (SSSR count). The van der Waals surface area contributed by atoms with Gasteiger partial charge >= 0.3 is 0 Å². The van der Waals surface area contributed by atoms with E-state index in [1.807, 2.05) is 19.2 Å². The number of hydrogen-bond acceptors (Lipinski definition) is 5. The zero-order valence-corrected chi connectivity index (χ0v) is 12.7. The molecule has 2 aromatic rings. The highest BCUT2D eigenvalue weighted by Crippen LogP contribution is 2.18. The van der Waals surface area contributed by atoms with Crippen molar-refractivity contribution in [1.82, 2.24) is 15.3 Å². The Hall–Kier alpha value is -2.23. The molecule has 0 aliphatic heterocycles. The smallest absolute Gasteiger partial charge is 0.271 e. The number of aromatic nitrogens is 2. The van der Waals surface area contributed by atoms with Gasteiger partial charge in [0.05, 0.1) is 18.2 Å². The summed E-state index contributed by atoms with van der Waals surface area (Å²) in [5.74, 6) is 5.33. The van der Waals surface area contributed by atoms with Crippen LogP contribution in [0.5, 0.6) is 0 Å². The molecule has 6 heteroatoms. The molecule has 2 aromatic heterocycles. The van der Waals surface area contributed by atoms with Gasteiger partial charge in [0, 0.05) is 17.3 Å². The molecule has 1 atom stereocenters. The van der Waals surface area contributed by atoms with Gasteiger partial charge in [-0.1, -0.05) is 11.8 Å². The van der Waals surface area contributed by atoms with E-state index in [1.54, 1.807) is 18.3 Å². The van der Waals surface area contributed by atoms with Crippen molar-refractivity contribution in [3.05, 3.63) is 45.7 Å². The Morgan fingerprint density at radius 2 is 2.38 bits per heavy atom. The summed E-state index contributed by atoms with van der Waals surface area (Å²) < 4.78 is 0. The summed E-state index contributed by atoms with van der Waals surface area (Å²) >= 11 is 1.52. The van der Waals surface area contributed by atoms with E-state index in [-0.39, 0.29) is 18.5 Å². The number of aryl methyl sites for hydroxylation is 1. The van der Waals surface area contributed by atoms with Crippen LogP contribution in [0.15, 0.2) is 23.7 Å². The third-order valence-corrected chi connectivity index (χ3v) is 3.85. The molecule has 0 saturated heterocycles. The monoisotopic (exact) mass is 300 g/mol. The fourth-order valence-corrected chi connectivity index (χ4v) is 2.53. The van der Waals surface area contributed by atoms with Gasteiger partial charge in [-0.05, 0) is 26.0 Å². The Bertz CT molecular complexity index is 699. The minimum absolute atomic E-state index is 0.173. The molecule has 0 saturated carbocycles. The van der Waals surface area contributed by atoms with Gasteiger partial charge in [-0.2, -0.15) is 0 Å². The average Bonchev–Trinajstić information content (AvgIpc) is 2.92. The second-order valence-corrected chi connectivity index (χ2v) is 5.32. The summed E-state index contributed by atoms with van der Waals surface area (Å²) in [4.78, 5) is 20.8. The average molecular weight is 300 g/mol. The van der Waals surface area contributed by atoms with Crippen molar-refractivity contribution < 1.29 is 4.79 Å². The Morgan fingerprint density at radius 1 is 1.57 bits per heavy atom. The molecule has 0 radical (unpaired) electrons. The summed E-state index contributed by atoms with van der Waals surface area (Å²) in [7, 11) is 0. The van der Waals surface area contributed by atoms with Crippen LogP contribution in [-0.4, -0.2) is 22.4 Å². The van der Waals surface area contributed by atoms with Gasteiger partial charge in [0.15, 0.2) is 0 Å². The highest BCUT2D eigenvalue weighted by molar-refractivity contribution is 7.09. The lowest BCUT2D eigenvalue weighted by molar-refractivity contribution is 0.0934. The summed E-state index contributed by atoms with van der Waals surface area (Å²) in [5, 5.41) is 5.71. The van der Waals surface area contributed by atoms with E-state index >= 15 is 0 Å². The second kappa shape index (κ2) is 6.97. The molecule has 0 spiro atoms. The number of nitrogens with zero attached hydrogens (tertiary/aromatic N) is 2. The molecule has 1 amide bonds. The van der Waals surface area contributed by atoms with Crippen molar-refractivity contribution in [3.8, 4) is 11.8 Å². The third-order valence-electron chi connectivity index (χ3n) is 2.70. The minimum Gasteiger partial charge on any atom is -0.342 e. The number of amides is 1. The van der Waals surface area contributed by atoms with E-state index in [4.69, 9.17) is 5.73 Å². The van der Waals surface area contributed by atoms with Crippen LogP contribution in [0.2, 0.25) is 0 Å². The van der Waals surface area contributed by atoms with E-state index in [2.05, 4.69) is 27.1 Å². The number of carbonyl (C=O) groups excluding carboxylic acids is 1. The molecule has 0 fully saturated rings. The van der Waals surface area contributed by atoms with Crippen molar-refractivity contribution in [2.45, 2.75) is 19.9 Å². The molecule has 21 heavy (non-hydrogen) atoms. The second-order valence-electron chi connectivity index (χ2n) is 4.43. The van der Waals surface area contributed by atoms with Crippen molar-refractivity contribution in [3.63, 3.8) is 0 Å². The van der Waals surface area contributed by atoms with Crippen LogP contribution < -0.4 is 11.1 Å². The maximum absolute atomic E-state index is 12.3. The number of nitrogens with two attached hydrogens (primary N) is 1. The predicted octanol–water partition coefficient (Wildman–Crippen LogP) is 1.65. The number of nitrogens with one attached hydrogen (secondary N) is 1. The summed E-state index contributed by atoms with van der Waals surface area (Å²) in [6.45, 7) is 4.06. The lowest BCUT2D eigenvalue weighted by atomic mass is 10.2. The zero-order chi connectivity index (χ0) is 15.2. The lowest BCUT2D eigenvalue weighted by Crippen LogP contribution is -2.28. The molecule has 3 N–H and O–H groups in total. The van der Waals surface area contributed by atoms with Gasteiger partial charge < -0.3 is 11.1 Å². The standard InChI is InChI=1S/C15H16N4OS/c1-10-9-21-15(18-10)11(2)19-14(20)13-12(5-3-7-16)6-4-8-17-13/h4,6,8-9,11H,7,16H2,1-2H3,(H,19,20). The largest absolute Gasteiger partial charge is 0.342 e. The number of rotatable bonds is 3. The molecule has 2 heterocycles. The van der Waals surface area contributed by atoms with E-state index in [0.717, 1.165) is 10.7 Å². The predicted molar refractivity (Wildman–Crippen MR) is 82.9 cm³/mol. The molecule has 1 unspecified atom stereocenters. The Balaban J connectivity index is 2.17.